The molecule has 1 aliphatic heterocycles. The van der Waals surface area contributed by atoms with Crippen LogP contribution in [0.1, 0.15) is 5.56 Å². The van der Waals surface area contributed by atoms with Crippen LogP contribution in [0.5, 0.6) is 5.75 Å². The summed E-state index contributed by atoms with van der Waals surface area (Å²) in [6.45, 7) is 2.50. The second-order valence-corrected chi connectivity index (χ2v) is 8.44. The Morgan fingerprint density at radius 2 is 1.69 bits per heavy atom. The van der Waals surface area contributed by atoms with E-state index in [1.165, 1.54) is 0 Å². The molecule has 8 nitrogen and oxygen atoms in total. The zero-order valence-corrected chi connectivity index (χ0v) is 19.6. The van der Waals surface area contributed by atoms with E-state index < -0.39 is 0 Å². The fourth-order valence-electron chi connectivity index (χ4n) is 4.33. The van der Waals surface area contributed by atoms with Crippen molar-refractivity contribution < 1.29 is 9.53 Å². The van der Waals surface area contributed by atoms with Crippen molar-refractivity contribution in [2.45, 2.75) is 6.54 Å². The van der Waals surface area contributed by atoms with Gasteiger partial charge in [-0.05, 0) is 29.8 Å². The topological polar surface area (TPSA) is 79.7 Å². The molecule has 2 amide bonds. The molecule has 0 aliphatic carbocycles. The molecule has 1 aromatic heterocycles. The average molecular weight is 470 g/mol. The molecule has 35 heavy (non-hydrogen) atoms. The Bertz CT molecular complexity index is 1400. The van der Waals surface area contributed by atoms with Crippen LogP contribution in [0, 0.1) is 0 Å². The predicted molar refractivity (Wildman–Crippen MR) is 137 cm³/mol. The number of piperazine rings is 1. The molecule has 1 saturated heterocycles. The fraction of sp³-hybridized carbons (Fsp3) is 0.222. The lowest BCUT2D eigenvalue weighted by molar-refractivity contribution is 0.208. The van der Waals surface area contributed by atoms with Gasteiger partial charge in [0.25, 0.3) is 5.56 Å². The maximum atomic E-state index is 13.6. The maximum absolute atomic E-state index is 13.6. The molecule has 0 saturated carbocycles. The van der Waals surface area contributed by atoms with Gasteiger partial charge in [0.2, 0.25) is 0 Å². The number of nitrogens with zero attached hydrogens (tertiary/aromatic N) is 4. The molecule has 0 atom stereocenters. The van der Waals surface area contributed by atoms with Gasteiger partial charge in [-0.2, -0.15) is 0 Å². The second-order valence-electron chi connectivity index (χ2n) is 8.44. The summed E-state index contributed by atoms with van der Waals surface area (Å²) in [5, 5.41) is 2.92. The van der Waals surface area contributed by atoms with Gasteiger partial charge in [0.15, 0.2) is 5.82 Å². The standard InChI is InChI=1S/C27H27N5O3/c1-35-22-11-7-10-21(18-22)28-27(34)31-16-14-30(15-17-31)25-26(33)32(19-20-8-3-2-4-9-20)24-13-6-5-12-23(24)29-25/h2-13,18H,14-17,19H2,1H3,(H,28,34). The van der Waals surface area contributed by atoms with Crippen LogP contribution < -0.4 is 20.5 Å². The monoisotopic (exact) mass is 469 g/mol. The van der Waals surface area contributed by atoms with Crippen molar-refractivity contribution in [1.82, 2.24) is 14.5 Å². The summed E-state index contributed by atoms with van der Waals surface area (Å²) in [5.41, 5.74) is 3.19. The van der Waals surface area contributed by atoms with Crippen LogP contribution in [0.15, 0.2) is 83.7 Å². The molecule has 178 valence electrons. The van der Waals surface area contributed by atoms with E-state index in [2.05, 4.69) is 5.32 Å². The van der Waals surface area contributed by atoms with Crippen molar-refractivity contribution in [1.29, 1.82) is 0 Å². The van der Waals surface area contributed by atoms with E-state index in [9.17, 15) is 9.59 Å². The Hall–Kier alpha value is -4.33. The number of carbonyl (C=O) groups excluding carboxylic acids is 1. The number of fused-ring (bicyclic) bond motifs is 1. The predicted octanol–water partition coefficient (Wildman–Crippen LogP) is 3.81. The van der Waals surface area contributed by atoms with E-state index in [0.29, 0.717) is 50.0 Å². The van der Waals surface area contributed by atoms with Crippen molar-refractivity contribution in [3.8, 4) is 5.75 Å². The summed E-state index contributed by atoms with van der Waals surface area (Å²) >= 11 is 0. The molecular formula is C27H27N5O3. The molecule has 1 fully saturated rings. The van der Waals surface area contributed by atoms with E-state index in [1.807, 2.05) is 77.7 Å². The molecule has 3 aromatic carbocycles. The average Bonchev–Trinajstić information content (AvgIpc) is 2.91. The molecule has 4 aromatic rings. The number of hydrogen-bond donors (Lipinski definition) is 1. The number of rotatable bonds is 5. The summed E-state index contributed by atoms with van der Waals surface area (Å²) in [5.74, 6) is 1.11. The van der Waals surface area contributed by atoms with E-state index in [0.717, 1.165) is 16.6 Å². The lowest BCUT2D eigenvalue weighted by Gasteiger charge is -2.35. The number of nitrogens with one attached hydrogen (secondary N) is 1. The Morgan fingerprint density at radius 3 is 2.46 bits per heavy atom. The van der Waals surface area contributed by atoms with Gasteiger partial charge >= 0.3 is 6.03 Å². The number of methoxy groups -OCH3 is 1. The number of amides is 2. The van der Waals surface area contributed by atoms with Crippen LogP contribution in [0.4, 0.5) is 16.3 Å². The highest BCUT2D eigenvalue weighted by molar-refractivity contribution is 5.89. The summed E-state index contributed by atoms with van der Waals surface area (Å²) in [6, 6.07) is 24.7. The number of para-hydroxylation sites is 2. The van der Waals surface area contributed by atoms with Gasteiger partial charge in [0.1, 0.15) is 5.75 Å². The zero-order valence-electron chi connectivity index (χ0n) is 19.6. The minimum absolute atomic E-state index is 0.123. The number of hydrogen-bond acceptors (Lipinski definition) is 5. The van der Waals surface area contributed by atoms with Gasteiger partial charge in [0.05, 0.1) is 24.7 Å². The molecule has 1 N–H and O–H groups in total. The number of aromatic nitrogens is 2. The molecule has 0 radical (unpaired) electrons. The van der Waals surface area contributed by atoms with Crippen LogP contribution >= 0.6 is 0 Å². The molecule has 2 heterocycles. The summed E-state index contributed by atoms with van der Waals surface area (Å²) < 4.78 is 7.01. The van der Waals surface area contributed by atoms with Crippen LogP contribution in [0.25, 0.3) is 11.0 Å². The SMILES string of the molecule is COc1cccc(NC(=O)N2CCN(c3nc4ccccc4n(Cc4ccccc4)c3=O)CC2)c1. The van der Waals surface area contributed by atoms with E-state index in [4.69, 9.17) is 9.72 Å². The number of carbonyl (C=O) groups is 1. The van der Waals surface area contributed by atoms with Gasteiger partial charge in [-0.25, -0.2) is 9.78 Å². The van der Waals surface area contributed by atoms with E-state index >= 15 is 0 Å². The number of anilines is 2. The highest BCUT2D eigenvalue weighted by Crippen LogP contribution is 2.19. The molecule has 1 aliphatic rings. The first kappa shape index (κ1) is 22.5. The minimum Gasteiger partial charge on any atom is -0.497 e. The third-order valence-electron chi connectivity index (χ3n) is 6.21. The van der Waals surface area contributed by atoms with Crippen molar-refractivity contribution in [2.24, 2.45) is 0 Å². The normalized spacial score (nSPS) is 13.6. The molecule has 0 bridgehead atoms. The fourth-order valence-corrected chi connectivity index (χ4v) is 4.33. The van der Waals surface area contributed by atoms with Crippen molar-refractivity contribution in [3.05, 3.63) is 94.8 Å². The largest absolute Gasteiger partial charge is 0.497 e. The Kier molecular flexibility index (Phi) is 6.34. The summed E-state index contributed by atoms with van der Waals surface area (Å²) in [4.78, 5) is 34.8. The van der Waals surface area contributed by atoms with Crippen molar-refractivity contribution in [2.75, 3.05) is 43.5 Å². The molecule has 8 heteroatoms. The van der Waals surface area contributed by atoms with Crippen LogP contribution in [-0.4, -0.2) is 53.8 Å². The van der Waals surface area contributed by atoms with Gasteiger partial charge in [-0.1, -0.05) is 48.5 Å². The van der Waals surface area contributed by atoms with Crippen molar-refractivity contribution >= 4 is 28.6 Å². The van der Waals surface area contributed by atoms with Gasteiger partial charge in [-0.15, -0.1) is 0 Å². The number of benzene rings is 3. The van der Waals surface area contributed by atoms with E-state index in [-0.39, 0.29) is 11.6 Å². The maximum Gasteiger partial charge on any atom is 0.321 e. The van der Waals surface area contributed by atoms with Crippen LogP contribution in [-0.2, 0) is 6.54 Å². The Morgan fingerprint density at radius 1 is 0.943 bits per heavy atom. The van der Waals surface area contributed by atoms with Crippen LogP contribution in [0.2, 0.25) is 0 Å². The van der Waals surface area contributed by atoms with Crippen LogP contribution in [0.3, 0.4) is 0 Å². The first-order chi connectivity index (χ1) is 17.1. The molecule has 0 spiro atoms. The first-order valence-corrected chi connectivity index (χ1v) is 11.6. The van der Waals surface area contributed by atoms with E-state index in [1.54, 1.807) is 22.6 Å². The first-order valence-electron chi connectivity index (χ1n) is 11.6. The van der Waals surface area contributed by atoms with Gasteiger partial charge in [-0.3, -0.25) is 9.36 Å². The molecular weight excluding hydrogens is 442 g/mol. The number of ether oxygens (including phenoxy) is 1. The zero-order chi connectivity index (χ0) is 24.2. The third-order valence-corrected chi connectivity index (χ3v) is 6.21. The third kappa shape index (κ3) is 4.82. The summed E-state index contributed by atoms with van der Waals surface area (Å²) in [7, 11) is 1.59. The number of urea groups is 1. The lowest BCUT2D eigenvalue weighted by atomic mass is 10.2. The molecule has 0 unspecified atom stereocenters. The molecule has 5 rings (SSSR count). The second kappa shape index (κ2) is 9.89. The van der Waals surface area contributed by atoms with Gasteiger partial charge in [0, 0.05) is 37.9 Å². The van der Waals surface area contributed by atoms with Gasteiger partial charge < -0.3 is 19.9 Å². The Balaban J connectivity index is 1.34. The smallest absolute Gasteiger partial charge is 0.321 e. The quantitative estimate of drug-likeness (QED) is 0.481. The minimum atomic E-state index is -0.175. The highest BCUT2D eigenvalue weighted by Gasteiger charge is 2.25. The summed E-state index contributed by atoms with van der Waals surface area (Å²) in [6.07, 6.45) is 0. The highest BCUT2D eigenvalue weighted by atomic mass is 16.5. The van der Waals surface area contributed by atoms with Crippen molar-refractivity contribution in [3.63, 3.8) is 0 Å². The lowest BCUT2D eigenvalue weighted by Crippen LogP contribution is -2.51. The Labute approximate surface area is 203 Å².